The normalized spacial score (nSPS) is 10.6. The minimum absolute atomic E-state index is 0. The van der Waals surface area contributed by atoms with Crippen LogP contribution in [0.4, 0.5) is 13.2 Å². The van der Waals surface area contributed by atoms with Crippen LogP contribution in [0.25, 0.3) is 0 Å². The number of halogens is 3. The Kier molecular flexibility index (Phi) is 4.46. The third kappa shape index (κ3) is 3.58. The molecule has 0 amide bonds. The van der Waals surface area contributed by atoms with Gasteiger partial charge in [0.2, 0.25) is 0 Å². The van der Waals surface area contributed by atoms with Crippen molar-refractivity contribution in [3.63, 3.8) is 0 Å². The van der Waals surface area contributed by atoms with Gasteiger partial charge >= 0.3 is 13.5 Å². The number of hydrogen-bond donors (Lipinski definition) is 2. The van der Waals surface area contributed by atoms with Crippen molar-refractivity contribution in [2.24, 2.45) is 0 Å². The zero-order valence-corrected chi connectivity index (χ0v) is 7.62. The Morgan fingerprint density at radius 3 is 2.36 bits per heavy atom. The Balaban J connectivity index is 0.00000169. The van der Waals surface area contributed by atoms with E-state index in [9.17, 15) is 13.2 Å². The van der Waals surface area contributed by atoms with Crippen LogP contribution in [0.1, 0.15) is 5.69 Å². The molecule has 1 rings (SSSR count). The molecule has 0 aliphatic rings. The van der Waals surface area contributed by atoms with E-state index in [0.29, 0.717) is 10.9 Å². The van der Waals surface area contributed by atoms with Crippen LogP contribution in [0.3, 0.4) is 0 Å². The van der Waals surface area contributed by atoms with E-state index in [1.54, 1.807) is 0 Å². The summed E-state index contributed by atoms with van der Waals surface area (Å²) in [6.07, 6.45) is -3.77. The summed E-state index contributed by atoms with van der Waals surface area (Å²) >= 11 is 0. The Morgan fingerprint density at radius 1 is 1.43 bits per heavy atom. The second-order valence-electron chi connectivity index (χ2n) is 2.03. The van der Waals surface area contributed by atoms with Gasteiger partial charge in [0.25, 0.3) is 0 Å². The van der Waals surface area contributed by atoms with E-state index in [1.807, 2.05) is 0 Å². The van der Waals surface area contributed by atoms with E-state index < -0.39 is 19.2 Å². The molecule has 0 aromatic carbocycles. The summed E-state index contributed by atoms with van der Waals surface area (Å²) in [4.78, 5) is 0.313. The van der Waals surface area contributed by atoms with E-state index in [0.717, 1.165) is 6.20 Å². The van der Waals surface area contributed by atoms with Gasteiger partial charge in [0.15, 0.2) is 5.69 Å². The maximum absolute atomic E-state index is 11.9. The van der Waals surface area contributed by atoms with Crippen LogP contribution in [0.2, 0.25) is 0 Å². The van der Waals surface area contributed by atoms with Gasteiger partial charge in [-0.1, -0.05) is 0 Å². The summed E-state index contributed by atoms with van der Waals surface area (Å²) in [7, 11) is -2.21. The molecule has 0 spiro atoms. The molecule has 0 atom stereocenters. The molecule has 1 aromatic heterocycles. The molecule has 5 nitrogen and oxygen atoms in total. The first kappa shape index (κ1) is 13.3. The first-order chi connectivity index (χ1) is 5.89. The molecule has 0 saturated carbocycles. The Hall–Kier alpha value is -0.696. The topological polar surface area (TPSA) is 67.5 Å². The van der Waals surface area contributed by atoms with Crippen LogP contribution in [0.5, 0.6) is 0 Å². The van der Waals surface area contributed by atoms with Crippen molar-refractivity contribution in [2.75, 3.05) is 0 Å². The molecule has 14 heavy (non-hydrogen) atoms. The summed E-state index contributed by atoms with van der Waals surface area (Å²) in [6, 6.07) is 0.641. The average molecular weight is 251 g/mol. The SMILES string of the molecule is OB(O)On1ccc(C(F)(F)F)n1.[Mn]. The van der Waals surface area contributed by atoms with Crippen molar-refractivity contribution in [1.29, 1.82) is 0 Å². The third-order valence-corrected chi connectivity index (χ3v) is 1.06. The number of alkyl halides is 3. The quantitative estimate of drug-likeness (QED) is 0.682. The molecule has 2 N–H and O–H groups in total. The van der Waals surface area contributed by atoms with Gasteiger partial charge in [-0.05, 0) is 6.07 Å². The molecule has 0 saturated heterocycles. The third-order valence-electron chi connectivity index (χ3n) is 1.06. The predicted molar refractivity (Wildman–Crippen MR) is 34.0 cm³/mol. The van der Waals surface area contributed by atoms with Crippen molar-refractivity contribution >= 4 is 7.32 Å². The van der Waals surface area contributed by atoms with Crippen LogP contribution in [0.15, 0.2) is 12.3 Å². The Bertz CT molecular complexity index is 292. The number of aromatic nitrogens is 2. The standard InChI is InChI=1S/C4H4BF3N2O3.Mn/c6-4(7,8)3-1-2-10(9-3)13-5(11)12;/h1-2,11-12H;. The van der Waals surface area contributed by atoms with Crippen molar-refractivity contribution in [2.45, 2.75) is 6.18 Å². The molecule has 0 aliphatic carbocycles. The maximum Gasteiger partial charge on any atom is 0.729 e. The zero-order valence-electron chi connectivity index (χ0n) is 6.44. The summed E-state index contributed by atoms with van der Waals surface area (Å²) in [5.41, 5.74) is -1.17. The van der Waals surface area contributed by atoms with E-state index >= 15 is 0 Å². The second-order valence-corrected chi connectivity index (χ2v) is 2.03. The van der Waals surface area contributed by atoms with Gasteiger partial charge in [-0.2, -0.15) is 13.2 Å². The minimum atomic E-state index is -4.57. The van der Waals surface area contributed by atoms with Crippen molar-refractivity contribution in [3.05, 3.63) is 18.0 Å². The summed E-state index contributed by atoms with van der Waals surface area (Å²) in [5.74, 6) is 0. The van der Waals surface area contributed by atoms with Crippen molar-refractivity contribution in [3.8, 4) is 0 Å². The molecule has 1 radical (unpaired) electrons. The van der Waals surface area contributed by atoms with E-state index in [-0.39, 0.29) is 17.1 Å². The Morgan fingerprint density at radius 2 is 2.00 bits per heavy atom. The van der Waals surface area contributed by atoms with E-state index in [2.05, 4.69) is 9.85 Å². The van der Waals surface area contributed by atoms with E-state index in [4.69, 9.17) is 10.0 Å². The van der Waals surface area contributed by atoms with Crippen LogP contribution in [0, 0.1) is 0 Å². The fraction of sp³-hybridized carbons (Fsp3) is 0.250. The summed E-state index contributed by atoms with van der Waals surface area (Å²) in [6.45, 7) is 0. The molecular formula is C4H4BF3MnN2O3. The van der Waals surface area contributed by atoms with Gasteiger partial charge in [0, 0.05) is 17.1 Å². The van der Waals surface area contributed by atoms with Gasteiger partial charge in [-0.3, -0.25) is 0 Å². The second kappa shape index (κ2) is 4.69. The van der Waals surface area contributed by atoms with Gasteiger partial charge in [-0.15, -0.1) is 9.94 Å². The molecular weight excluding hydrogens is 247 g/mol. The van der Waals surface area contributed by atoms with E-state index in [1.165, 1.54) is 0 Å². The maximum atomic E-state index is 11.9. The smallest absolute Gasteiger partial charge is 0.405 e. The number of rotatable bonds is 2. The average Bonchev–Trinajstić information content (AvgIpc) is 2.32. The minimum Gasteiger partial charge on any atom is -0.405 e. The molecule has 1 aromatic rings. The molecule has 0 bridgehead atoms. The van der Waals surface area contributed by atoms with Crippen molar-refractivity contribution < 1.29 is 45.0 Å². The van der Waals surface area contributed by atoms with Gasteiger partial charge < -0.3 is 14.8 Å². The first-order valence-corrected chi connectivity index (χ1v) is 3.06. The molecule has 0 aliphatic heterocycles. The first-order valence-electron chi connectivity index (χ1n) is 3.06. The molecule has 1 heterocycles. The van der Waals surface area contributed by atoms with Gasteiger partial charge in [-0.25, -0.2) is 0 Å². The summed E-state index contributed by atoms with van der Waals surface area (Å²) in [5, 5.41) is 19.3. The monoisotopic (exact) mass is 251 g/mol. The van der Waals surface area contributed by atoms with Crippen LogP contribution in [-0.4, -0.2) is 27.3 Å². The summed E-state index contributed by atoms with van der Waals surface area (Å²) < 4.78 is 39.7. The van der Waals surface area contributed by atoms with Crippen LogP contribution < -0.4 is 4.76 Å². The molecule has 79 valence electrons. The van der Waals surface area contributed by atoms with Gasteiger partial charge in [0.1, 0.15) is 0 Å². The predicted octanol–water partition coefficient (Wildman–Crippen LogP) is -0.703. The fourth-order valence-corrected chi connectivity index (χ4v) is 0.614. The zero-order chi connectivity index (χ0) is 10.1. The van der Waals surface area contributed by atoms with Crippen LogP contribution in [-0.2, 0) is 23.2 Å². The molecule has 0 unspecified atom stereocenters. The number of hydrogen-bond acceptors (Lipinski definition) is 4. The van der Waals surface area contributed by atoms with Crippen molar-refractivity contribution in [1.82, 2.24) is 9.94 Å². The fourth-order valence-electron chi connectivity index (χ4n) is 0.614. The molecule has 0 fully saturated rings. The van der Waals surface area contributed by atoms with Crippen LogP contribution >= 0.6 is 0 Å². The Labute approximate surface area is 87.1 Å². The largest absolute Gasteiger partial charge is 0.729 e. The number of nitrogens with zero attached hydrogens (tertiary/aromatic N) is 2. The molecule has 10 heteroatoms. The van der Waals surface area contributed by atoms with Gasteiger partial charge in [0.05, 0.1) is 6.20 Å².